The van der Waals surface area contributed by atoms with E-state index in [4.69, 9.17) is 15.1 Å². The fourth-order valence-electron chi connectivity index (χ4n) is 2.38. The number of benzene rings is 3. The summed E-state index contributed by atoms with van der Waals surface area (Å²) in [5, 5.41) is 1.91. The number of nitrogens with one attached hydrogen (secondary N) is 1. The largest absolute Gasteiger partial charge is 0.416 e. The van der Waals surface area contributed by atoms with E-state index in [9.17, 15) is 13.2 Å². The number of aryl methyl sites for hydroxylation is 1. The molecule has 0 heterocycles. The highest BCUT2D eigenvalue weighted by molar-refractivity contribution is 5.86. The summed E-state index contributed by atoms with van der Waals surface area (Å²) in [5.74, 6) is 0. The van der Waals surface area contributed by atoms with Crippen LogP contribution in [0.15, 0.2) is 66.6 Å². The fraction of sp³-hybridized carbons (Fsp3) is 0.273. The molecular formula is C22H22F3N. The first-order valence-electron chi connectivity index (χ1n) is 13.3. The first-order chi connectivity index (χ1) is 16.8. The van der Waals surface area contributed by atoms with Crippen molar-refractivity contribution in [3.8, 4) is 0 Å². The molecule has 0 radical (unpaired) electrons. The van der Waals surface area contributed by atoms with Gasteiger partial charge in [0.1, 0.15) is 0 Å². The van der Waals surface area contributed by atoms with E-state index in [0.717, 1.165) is 18.2 Å². The summed E-state index contributed by atoms with van der Waals surface area (Å²) in [6.45, 7) is -1.24. The predicted molar refractivity (Wildman–Crippen MR) is 100 cm³/mol. The molecule has 26 heavy (non-hydrogen) atoms. The Kier molecular flexibility index (Phi) is 2.75. The molecule has 1 N–H and O–H groups in total. The maximum absolute atomic E-state index is 13.1. The lowest BCUT2D eigenvalue weighted by Crippen LogP contribution is -2.20. The highest BCUT2D eigenvalue weighted by atomic mass is 19.4. The second kappa shape index (κ2) is 7.92. The second-order valence-corrected chi connectivity index (χ2v) is 5.51. The van der Waals surface area contributed by atoms with Gasteiger partial charge < -0.3 is 5.32 Å². The quantitative estimate of drug-likeness (QED) is 0.551. The van der Waals surface area contributed by atoms with Crippen molar-refractivity contribution >= 4 is 10.8 Å². The van der Waals surface area contributed by atoms with Gasteiger partial charge in [0.15, 0.2) is 0 Å². The molecule has 1 atom stereocenters. The molecule has 0 fully saturated rings. The Bertz CT molecular complexity index is 1360. The van der Waals surface area contributed by atoms with Crippen molar-refractivity contribution in [2.75, 3.05) is 6.50 Å². The van der Waals surface area contributed by atoms with Crippen molar-refractivity contribution in [3.05, 3.63) is 83.3 Å². The van der Waals surface area contributed by atoms with Gasteiger partial charge in [-0.2, -0.15) is 13.2 Å². The van der Waals surface area contributed by atoms with Crippen LogP contribution in [0.25, 0.3) is 10.8 Å². The summed E-state index contributed by atoms with van der Waals surface area (Å²) in [5.41, 5.74) is -1.67. The van der Waals surface area contributed by atoms with Crippen molar-refractivity contribution in [2.45, 2.75) is 31.9 Å². The SMILES string of the molecule is [2H]c1c([2H])c([2H])c2c([C@@H](C)NC([2H])([2H])CC([2H])([2H])c3cccc(C(F)(F)F)c3)c([2H])c([2H])c([2H])c2c1[2H]. The monoisotopic (exact) mass is 368 g/mol. The molecule has 136 valence electrons. The van der Waals surface area contributed by atoms with Gasteiger partial charge in [-0.1, -0.05) is 60.5 Å². The third-order valence-electron chi connectivity index (χ3n) is 3.66. The number of rotatable bonds is 6. The molecule has 0 saturated heterocycles. The van der Waals surface area contributed by atoms with E-state index >= 15 is 0 Å². The number of alkyl halides is 3. The summed E-state index contributed by atoms with van der Waals surface area (Å²) >= 11 is 0. The molecule has 0 spiro atoms. The summed E-state index contributed by atoms with van der Waals surface area (Å²) in [7, 11) is 0. The third kappa shape index (κ3) is 4.44. The van der Waals surface area contributed by atoms with E-state index in [1.165, 1.54) is 6.92 Å². The molecule has 3 aromatic carbocycles. The van der Waals surface area contributed by atoms with E-state index < -0.39 is 84.9 Å². The van der Waals surface area contributed by atoms with Crippen molar-refractivity contribution in [2.24, 2.45) is 0 Å². The zero-order valence-corrected chi connectivity index (χ0v) is 13.7. The molecule has 0 unspecified atom stereocenters. The summed E-state index contributed by atoms with van der Waals surface area (Å²) in [6, 6.07) is -1.97. The van der Waals surface area contributed by atoms with Crippen LogP contribution < -0.4 is 5.32 Å². The first-order valence-corrected chi connectivity index (χ1v) is 7.75. The Labute approximate surface area is 167 Å². The molecule has 0 aliphatic rings. The number of fused-ring (bicyclic) bond motifs is 1. The summed E-state index contributed by atoms with van der Waals surface area (Å²) in [6.07, 6.45) is -8.22. The highest BCUT2D eigenvalue weighted by Gasteiger charge is 2.30. The van der Waals surface area contributed by atoms with Gasteiger partial charge in [0.05, 0.1) is 15.2 Å². The van der Waals surface area contributed by atoms with Gasteiger partial charge in [-0.25, -0.2) is 0 Å². The van der Waals surface area contributed by atoms with Crippen molar-refractivity contribution < 1.29 is 28.2 Å². The average molecular weight is 368 g/mol. The van der Waals surface area contributed by atoms with Crippen LogP contribution >= 0.6 is 0 Å². The van der Waals surface area contributed by atoms with Crippen LogP contribution in [-0.2, 0) is 12.5 Å². The van der Waals surface area contributed by atoms with Crippen molar-refractivity contribution in [3.63, 3.8) is 0 Å². The van der Waals surface area contributed by atoms with Crippen molar-refractivity contribution in [1.29, 1.82) is 0 Å². The number of hydrogen-bond donors (Lipinski definition) is 1. The molecule has 0 bridgehead atoms. The van der Waals surface area contributed by atoms with Gasteiger partial charge in [0, 0.05) is 11.5 Å². The van der Waals surface area contributed by atoms with Gasteiger partial charge in [-0.3, -0.25) is 0 Å². The lowest BCUT2D eigenvalue weighted by Gasteiger charge is -2.17. The van der Waals surface area contributed by atoms with Gasteiger partial charge >= 0.3 is 6.18 Å². The van der Waals surface area contributed by atoms with Crippen LogP contribution in [0, 0.1) is 0 Å². The molecular weight excluding hydrogens is 335 g/mol. The van der Waals surface area contributed by atoms with E-state index in [0.29, 0.717) is 6.07 Å². The maximum atomic E-state index is 13.1. The van der Waals surface area contributed by atoms with Crippen LogP contribution in [0.1, 0.15) is 51.2 Å². The highest BCUT2D eigenvalue weighted by Crippen LogP contribution is 2.29. The Balaban J connectivity index is 2.05. The third-order valence-corrected chi connectivity index (χ3v) is 3.66. The van der Waals surface area contributed by atoms with Crippen LogP contribution in [0.5, 0.6) is 0 Å². The molecule has 3 aromatic rings. The molecule has 0 aromatic heterocycles. The molecule has 0 saturated carbocycles. The van der Waals surface area contributed by atoms with Crippen LogP contribution in [0.2, 0.25) is 0 Å². The predicted octanol–water partition coefficient (Wildman–Crippen LogP) is 6.14. The van der Waals surface area contributed by atoms with E-state index in [1.54, 1.807) is 0 Å². The average Bonchev–Trinajstić information content (AvgIpc) is 2.78. The van der Waals surface area contributed by atoms with Crippen LogP contribution in [0.4, 0.5) is 13.2 Å². The molecule has 1 nitrogen and oxygen atoms in total. The maximum Gasteiger partial charge on any atom is 0.416 e. The van der Waals surface area contributed by atoms with Gasteiger partial charge in [-0.05, 0) is 54.2 Å². The minimum absolute atomic E-state index is 0.188. The molecule has 4 heteroatoms. The zero-order chi connectivity index (χ0) is 28.2. The molecule has 0 aliphatic carbocycles. The normalized spacial score (nSPS) is 20.2. The lowest BCUT2D eigenvalue weighted by atomic mass is 9.99. The Hall–Kier alpha value is -2.33. The Morgan fingerprint density at radius 2 is 1.88 bits per heavy atom. The molecule has 3 rings (SSSR count). The summed E-state index contributed by atoms with van der Waals surface area (Å²) in [4.78, 5) is 0. The van der Waals surface area contributed by atoms with E-state index in [1.807, 2.05) is 0 Å². The second-order valence-electron chi connectivity index (χ2n) is 5.51. The number of hydrogen-bond acceptors (Lipinski definition) is 1. The van der Waals surface area contributed by atoms with Crippen LogP contribution in [0.3, 0.4) is 0 Å². The minimum atomic E-state index is -4.72. The summed E-state index contributed by atoms with van der Waals surface area (Å²) < 4.78 is 129. The lowest BCUT2D eigenvalue weighted by molar-refractivity contribution is -0.137. The smallest absolute Gasteiger partial charge is 0.310 e. The topological polar surface area (TPSA) is 12.0 Å². The van der Waals surface area contributed by atoms with Gasteiger partial charge in [0.25, 0.3) is 0 Å². The Morgan fingerprint density at radius 3 is 2.69 bits per heavy atom. The molecule has 0 aliphatic heterocycles. The zero-order valence-electron chi connectivity index (χ0n) is 24.7. The number of halogens is 3. The molecule has 0 amide bonds. The van der Waals surface area contributed by atoms with Crippen molar-refractivity contribution in [1.82, 2.24) is 5.32 Å². The van der Waals surface area contributed by atoms with E-state index in [2.05, 4.69) is 5.32 Å². The Morgan fingerprint density at radius 1 is 1.12 bits per heavy atom. The van der Waals surface area contributed by atoms with Gasteiger partial charge in [0.2, 0.25) is 0 Å². The fourth-order valence-corrected chi connectivity index (χ4v) is 2.38. The standard InChI is InChI=1S/C22H22F3N/c1-16(20-13-5-10-18-9-2-3-12-21(18)20)26-14-6-8-17-7-4-11-19(15-17)22(23,24)25/h2-5,7,9-13,15-16,26H,6,8,14H2,1H3/t16-/m1/s1/i2D,3D,5D,8D2,9D,10D,12D,13D,14D2. The van der Waals surface area contributed by atoms with E-state index in [-0.39, 0.29) is 16.3 Å². The first kappa shape index (κ1) is 9.05. The van der Waals surface area contributed by atoms with Crippen LogP contribution in [-0.4, -0.2) is 6.50 Å². The minimum Gasteiger partial charge on any atom is -0.310 e. The van der Waals surface area contributed by atoms with Gasteiger partial charge in [-0.15, -0.1) is 0 Å².